The summed E-state index contributed by atoms with van der Waals surface area (Å²) in [7, 11) is 0. The number of hydrogen-bond acceptors (Lipinski definition) is 9. The third-order valence-corrected chi connectivity index (χ3v) is 7.87. The lowest BCUT2D eigenvalue weighted by Crippen LogP contribution is -2.49. The number of aromatic hydroxyl groups is 1. The average Bonchev–Trinajstić information content (AvgIpc) is 3.30. The van der Waals surface area contributed by atoms with Gasteiger partial charge in [-0.05, 0) is 55.0 Å². The number of nitrogens with two attached hydrogens (primary N) is 1. The molecule has 11 heteroatoms. The zero-order valence-electron chi connectivity index (χ0n) is 23.6. The van der Waals surface area contributed by atoms with Gasteiger partial charge in [0.25, 0.3) is 5.56 Å². The highest BCUT2D eigenvalue weighted by molar-refractivity contribution is 5.91. The number of ether oxygens (including phenoxy) is 2. The molecular formula is C30H34N4O7. The molecule has 11 nitrogen and oxygen atoms in total. The van der Waals surface area contributed by atoms with Gasteiger partial charge in [0.2, 0.25) is 11.5 Å². The molecule has 1 aromatic carbocycles. The predicted molar refractivity (Wildman–Crippen MR) is 150 cm³/mol. The van der Waals surface area contributed by atoms with Crippen molar-refractivity contribution in [1.29, 1.82) is 0 Å². The number of phenolic OH excluding ortho intramolecular Hbond substituents is 1. The zero-order chi connectivity index (χ0) is 29.6. The number of carbonyl (C=O) groups excluding carboxylic acids is 3. The van der Waals surface area contributed by atoms with Crippen molar-refractivity contribution in [3.8, 4) is 17.1 Å². The molecule has 0 saturated heterocycles. The van der Waals surface area contributed by atoms with E-state index in [0.29, 0.717) is 29.7 Å². The van der Waals surface area contributed by atoms with Crippen LogP contribution >= 0.6 is 0 Å². The van der Waals surface area contributed by atoms with Gasteiger partial charge in [-0.15, -0.1) is 0 Å². The standard InChI is InChI=1S/C30H34N4O7/c1-5-17-18-10-16(35)7-8-23(18)33-26-19(17)13-34-24(26)11-21-20(28(34)38)14-40-29(39)30(21,6-2)41-25(36)12-32-27(37)22(31)9-15(3)4/h7-8,10-11,15,22,35H,5-6,9,12-14,31H2,1-4H3,(H,32,37)/t22-,30?/m0/s1. The van der Waals surface area contributed by atoms with Crippen molar-refractivity contribution in [2.24, 2.45) is 11.7 Å². The van der Waals surface area contributed by atoms with Crippen LogP contribution in [0, 0.1) is 5.92 Å². The van der Waals surface area contributed by atoms with Crippen LogP contribution < -0.4 is 16.6 Å². The third-order valence-electron chi connectivity index (χ3n) is 7.87. The maximum absolute atomic E-state index is 13.8. The molecule has 2 aliphatic heterocycles. The van der Waals surface area contributed by atoms with Gasteiger partial charge in [-0.2, -0.15) is 0 Å². The molecule has 0 fully saturated rings. The molecule has 2 atom stereocenters. The van der Waals surface area contributed by atoms with Gasteiger partial charge in [0.15, 0.2) is 0 Å². The third kappa shape index (κ3) is 4.73. The van der Waals surface area contributed by atoms with E-state index in [1.807, 2.05) is 20.8 Å². The van der Waals surface area contributed by atoms with Gasteiger partial charge in [-0.1, -0.05) is 27.7 Å². The molecule has 1 unspecified atom stereocenters. The molecule has 41 heavy (non-hydrogen) atoms. The van der Waals surface area contributed by atoms with Crippen molar-refractivity contribution in [2.45, 2.75) is 71.8 Å². The molecule has 2 aromatic heterocycles. The van der Waals surface area contributed by atoms with E-state index in [-0.39, 0.29) is 47.9 Å². The summed E-state index contributed by atoms with van der Waals surface area (Å²) in [4.78, 5) is 57.1. The highest BCUT2D eigenvalue weighted by atomic mass is 16.6. The zero-order valence-corrected chi connectivity index (χ0v) is 23.6. The van der Waals surface area contributed by atoms with Crippen molar-refractivity contribution >= 4 is 28.7 Å². The Labute approximate surface area is 236 Å². The Kier molecular flexibility index (Phi) is 7.33. The van der Waals surface area contributed by atoms with E-state index in [1.54, 1.807) is 35.8 Å². The Morgan fingerprint density at radius 2 is 1.98 bits per heavy atom. The second kappa shape index (κ2) is 10.6. The molecule has 1 amide bonds. The van der Waals surface area contributed by atoms with E-state index in [2.05, 4.69) is 5.32 Å². The van der Waals surface area contributed by atoms with E-state index in [0.717, 1.165) is 16.5 Å². The molecule has 216 valence electrons. The van der Waals surface area contributed by atoms with E-state index in [1.165, 1.54) is 0 Å². The van der Waals surface area contributed by atoms with Crippen LogP contribution in [0.5, 0.6) is 5.75 Å². The molecule has 2 aliphatic rings. The topological polar surface area (TPSA) is 163 Å². The second-order valence-corrected chi connectivity index (χ2v) is 11.0. The molecule has 0 bridgehead atoms. The van der Waals surface area contributed by atoms with Gasteiger partial charge in [0, 0.05) is 16.5 Å². The number of cyclic esters (lactones) is 1. The first-order valence-corrected chi connectivity index (χ1v) is 13.8. The Bertz CT molecular complexity index is 1640. The van der Waals surface area contributed by atoms with Crippen LogP contribution in [0.3, 0.4) is 0 Å². The molecule has 0 spiro atoms. The number of nitrogens with zero attached hydrogens (tertiary/aromatic N) is 2. The Balaban J connectivity index is 1.54. The minimum Gasteiger partial charge on any atom is -0.508 e. The van der Waals surface area contributed by atoms with Crippen LogP contribution in [0.1, 0.15) is 62.8 Å². The molecule has 0 saturated carbocycles. The number of phenols is 1. The van der Waals surface area contributed by atoms with E-state index < -0.39 is 36.0 Å². The van der Waals surface area contributed by atoms with Gasteiger partial charge in [-0.3, -0.25) is 14.4 Å². The summed E-state index contributed by atoms with van der Waals surface area (Å²) in [6.07, 6.45) is 1.10. The van der Waals surface area contributed by atoms with Crippen molar-refractivity contribution in [3.05, 3.63) is 56.9 Å². The van der Waals surface area contributed by atoms with Gasteiger partial charge < -0.3 is 30.2 Å². The number of carbonyl (C=O) groups is 3. The predicted octanol–water partition coefficient (Wildman–Crippen LogP) is 2.39. The Morgan fingerprint density at radius 3 is 2.66 bits per heavy atom. The lowest BCUT2D eigenvalue weighted by atomic mass is 9.85. The summed E-state index contributed by atoms with van der Waals surface area (Å²) >= 11 is 0. The number of benzene rings is 1. The van der Waals surface area contributed by atoms with E-state index in [4.69, 9.17) is 20.2 Å². The second-order valence-electron chi connectivity index (χ2n) is 11.0. The molecule has 0 radical (unpaired) electrons. The lowest BCUT2D eigenvalue weighted by molar-refractivity contribution is -0.189. The summed E-state index contributed by atoms with van der Waals surface area (Å²) in [5.74, 6) is -1.83. The molecule has 4 N–H and O–H groups in total. The number of esters is 2. The van der Waals surface area contributed by atoms with Gasteiger partial charge in [0.1, 0.15) is 18.9 Å². The fourth-order valence-electron chi connectivity index (χ4n) is 5.85. The maximum atomic E-state index is 13.8. The smallest absolute Gasteiger partial charge is 0.355 e. The van der Waals surface area contributed by atoms with E-state index >= 15 is 0 Å². The van der Waals surface area contributed by atoms with Crippen molar-refractivity contribution in [1.82, 2.24) is 14.9 Å². The summed E-state index contributed by atoms with van der Waals surface area (Å²) in [5, 5.41) is 13.4. The first-order chi connectivity index (χ1) is 19.5. The number of nitrogens with one attached hydrogen (secondary N) is 1. The SMILES string of the molecule is CCc1c2c(nc3ccc(O)cc13)-c1cc3c(c(=O)n1C2)COC(=O)C3(CC)OC(=O)CNC(=O)[C@@H](N)CC(C)C. The summed E-state index contributed by atoms with van der Waals surface area (Å²) in [6.45, 7) is 7.04. The van der Waals surface area contributed by atoms with Gasteiger partial charge in [-0.25, -0.2) is 9.78 Å². The fraction of sp³-hybridized carbons (Fsp3) is 0.433. The van der Waals surface area contributed by atoms with Crippen LogP contribution in [0.2, 0.25) is 0 Å². The van der Waals surface area contributed by atoms with Crippen LogP contribution in [0.4, 0.5) is 0 Å². The summed E-state index contributed by atoms with van der Waals surface area (Å²) in [5.41, 5.74) is 7.73. The first kappa shape index (κ1) is 28.3. The summed E-state index contributed by atoms with van der Waals surface area (Å²) < 4.78 is 12.7. The lowest BCUT2D eigenvalue weighted by Gasteiger charge is -2.35. The normalized spacial score (nSPS) is 18.0. The van der Waals surface area contributed by atoms with Crippen molar-refractivity contribution < 1.29 is 29.0 Å². The van der Waals surface area contributed by atoms with Crippen LogP contribution in [0.25, 0.3) is 22.3 Å². The highest BCUT2D eigenvalue weighted by Crippen LogP contribution is 2.42. The van der Waals surface area contributed by atoms with Gasteiger partial charge in [0.05, 0.1) is 35.1 Å². The van der Waals surface area contributed by atoms with Crippen LogP contribution in [0.15, 0.2) is 29.1 Å². The molecule has 3 aromatic rings. The van der Waals surface area contributed by atoms with Crippen LogP contribution in [-0.2, 0) is 49.0 Å². The fourth-order valence-corrected chi connectivity index (χ4v) is 5.85. The first-order valence-electron chi connectivity index (χ1n) is 13.8. The molecule has 5 rings (SSSR count). The maximum Gasteiger partial charge on any atom is 0.355 e. The number of fused-ring (bicyclic) bond motifs is 5. The largest absolute Gasteiger partial charge is 0.508 e. The minimum absolute atomic E-state index is 0.00572. The van der Waals surface area contributed by atoms with Crippen molar-refractivity contribution in [2.75, 3.05) is 6.54 Å². The number of rotatable bonds is 8. The number of aromatic nitrogens is 2. The Hall–Kier alpha value is -4.25. The number of aryl methyl sites for hydroxylation is 1. The number of amides is 1. The molecule has 4 heterocycles. The highest BCUT2D eigenvalue weighted by Gasteiger charge is 2.50. The quantitative estimate of drug-likeness (QED) is 0.274. The monoisotopic (exact) mass is 562 g/mol. The molecular weight excluding hydrogens is 528 g/mol. The Morgan fingerprint density at radius 1 is 1.22 bits per heavy atom. The number of pyridine rings is 2. The average molecular weight is 563 g/mol. The number of hydrogen-bond donors (Lipinski definition) is 3. The van der Waals surface area contributed by atoms with Crippen LogP contribution in [-0.4, -0.2) is 45.1 Å². The summed E-state index contributed by atoms with van der Waals surface area (Å²) in [6, 6.07) is 5.85. The molecule has 0 aliphatic carbocycles. The van der Waals surface area contributed by atoms with E-state index in [9.17, 15) is 24.3 Å². The van der Waals surface area contributed by atoms with Gasteiger partial charge >= 0.3 is 11.9 Å². The van der Waals surface area contributed by atoms with Crippen molar-refractivity contribution in [3.63, 3.8) is 0 Å². The minimum atomic E-state index is -1.87.